The van der Waals surface area contributed by atoms with E-state index in [4.69, 9.17) is 19.4 Å². The molecule has 1 unspecified atom stereocenters. The van der Waals surface area contributed by atoms with Crippen molar-refractivity contribution in [2.24, 2.45) is 0 Å². The predicted molar refractivity (Wildman–Crippen MR) is 136 cm³/mol. The molecule has 3 aromatic rings. The molecule has 2 N–H and O–H groups in total. The third-order valence-corrected chi connectivity index (χ3v) is 6.27. The molecule has 3 heterocycles. The molecular formula is C26H34N6O3. The number of ether oxygens (including phenoxy) is 2. The summed E-state index contributed by atoms with van der Waals surface area (Å²) >= 11 is 0. The van der Waals surface area contributed by atoms with Gasteiger partial charge in [-0.05, 0) is 45.9 Å². The first kappa shape index (κ1) is 25.0. The van der Waals surface area contributed by atoms with Crippen molar-refractivity contribution in [2.75, 3.05) is 45.4 Å². The molecule has 186 valence electrons. The van der Waals surface area contributed by atoms with E-state index in [2.05, 4.69) is 27.2 Å². The molecule has 9 heteroatoms. The second-order valence-corrected chi connectivity index (χ2v) is 8.86. The monoisotopic (exact) mass is 478 g/mol. The first-order valence-corrected chi connectivity index (χ1v) is 12.0. The van der Waals surface area contributed by atoms with Crippen LogP contribution >= 0.6 is 0 Å². The van der Waals surface area contributed by atoms with E-state index >= 15 is 0 Å². The molecule has 1 atom stereocenters. The molecule has 0 radical (unpaired) electrons. The number of rotatable bonds is 9. The van der Waals surface area contributed by atoms with Crippen molar-refractivity contribution in [2.45, 2.75) is 38.8 Å². The van der Waals surface area contributed by atoms with Gasteiger partial charge in [-0.25, -0.2) is 19.9 Å². The zero-order valence-corrected chi connectivity index (χ0v) is 20.9. The van der Waals surface area contributed by atoms with Crippen molar-refractivity contribution in [3.8, 4) is 28.4 Å². The minimum absolute atomic E-state index is 0.197. The molecule has 1 aromatic carbocycles. The van der Waals surface area contributed by atoms with Crippen molar-refractivity contribution in [3.05, 3.63) is 48.0 Å². The average molecular weight is 479 g/mol. The molecular weight excluding hydrogens is 444 g/mol. The van der Waals surface area contributed by atoms with Crippen LogP contribution in [0.4, 0.5) is 5.82 Å². The average Bonchev–Trinajstić information content (AvgIpc) is 2.88. The van der Waals surface area contributed by atoms with Crippen molar-refractivity contribution < 1.29 is 14.6 Å². The number of hydrogen-bond acceptors (Lipinski definition) is 9. The number of aryl methyl sites for hydroxylation is 2. The van der Waals surface area contributed by atoms with Crippen molar-refractivity contribution in [1.29, 1.82) is 0 Å². The van der Waals surface area contributed by atoms with Crippen LogP contribution in [0.3, 0.4) is 0 Å². The zero-order chi connectivity index (χ0) is 24.8. The third-order valence-electron chi connectivity index (χ3n) is 6.27. The van der Waals surface area contributed by atoms with Gasteiger partial charge in [0.25, 0.3) is 0 Å². The summed E-state index contributed by atoms with van der Waals surface area (Å²) in [5.74, 6) is 2.09. The number of benzene rings is 1. The molecule has 0 bridgehead atoms. The highest BCUT2D eigenvalue weighted by Gasteiger charge is 2.22. The zero-order valence-electron chi connectivity index (χ0n) is 20.9. The van der Waals surface area contributed by atoms with Crippen molar-refractivity contribution >= 4 is 5.82 Å². The lowest BCUT2D eigenvalue weighted by molar-refractivity contribution is 0.0853. The number of aliphatic hydroxyl groups is 1. The Labute approximate surface area is 206 Å². The predicted octanol–water partition coefficient (Wildman–Crippen LogP) is 2.79. The van der Waals surface area contributed by atoms with Crippen LogP contribution in [0.1, 0.15) is 24.2 Å². The number of likely N-dealkylation sites (N-methyl/N-ethyl adjacent to an activating group) is 1. The summed E-state index contributed by atoms with van der Waals surface area (Å²) in [5, 5.41) is 12.9. The maximum atomic E-state index is 9.99. The number of hydrogen-bond donors (Lipinski definition) is 2. The molecule has 0 amide bonds. The maximum Gasteiger partial charge on any atom is 0.162 e. The normalized spacial score (nSPS) is 15.1. The minimum atomic E-state index is -0.591. The molecule has 0 saturated carbocycles. The number of aliphatic hydroxyl groups excluding tert-OH is 1. The van der Waals surface area contributed by atoms with Crippen LogP contribution in [0.25, 0.3) is 22.6 Å². The SMILES string of the molecule is CNCC(O)COc1cccc(-c2nc(-c3c(C)ncnc3C)cc(N(C)C3CCOCC3)n2)c1. The molecule has 1 aliphatic rings. The Morgan fingerprint density at radius 2 is 1.89 bits per heavy atom. The van der Waals surface area contributed by atoms with Crippen LogP contribution in [-0.2, 0) is 4.74 Å². The smallest absolute Gasteiger partial charge is 0.162 e. The van der Waals surface area contributed by atoms with Crippen LogP contribution in [-0.4, -0.2) is 77.6 Å². The fraction of sp³-hybridized carbons (Fsp3) is 0.462. The number of anilines is 1. The molecule has 0 spiro atoms. The highest BCUT2D eigenvalue weighted by molar-refractivity contribution is 5.71. The standard InChI is InChI=1S/C26H34N6O3/c1-17-25(18(2)29-16-28-17)23-13-24(32(4)20-8-10-34-11-9-20)31-26(30-23)19-6-5-7-22(12-19)35-15-21(33)14-27-3/h5-7,12-13,16,20-21,27,33H,8-11,14-15H2,1-4H3. The molecule has 1 saturated heterocycles. The van der Waals surface area contributed by atoms with Gasteiger partial charge in [0.1, 0.15) is 30.6 Å². The topological polar surface area (TPSA) is 106 Å². The molecule has 4 rings (SSSR count). The van der Waals surface area contributed by atoms with Crippen LogP contribution < -0.4 is 15.0 Å². The summed E-state index contributed by atoms with van der Waals surface area (Å²) in [5.41, 5.74) is 4.28. The second kappa shape index (κ2) is 11.5. The fourth-order valence-electron chi connectivity index (χ4n) is 4.31. The maximum absolute atomic E-state index is 9.99. The lowest BCUT2D eigenvalue weighted by Crippen LogP contribution is -2.37. The lowest BCUT2D eigenvalue weighted by atomic mass is 10.1. The highest BCUT2D eigenvalue weighted by atomic mass is 16.5. The Kier molecular flexibility index (Phi) is 8.22. The first-order valence-electron chi connectivity index (χ1n) is 12.0. The van der Waals surface area contributed by atoms with E-state index in [0.717, 1.165) is 60.1 Å². The minimum Gasteiger partial charge on any atom is -0.491 e. The lowest BCUT2D eigenvalue weighted by Gasteiger charge is -2.32. The quantitative estimate of drug-likeness (QED) is 0.480. The van der Waals surface area contributed by atoms with Gasteiger partial charge in [-0.2, -0.15) is 0 Å². The van der Waals surface area contributed by atoms with E-state index in [1.54, 1.807) is 13.4 Å². The van der Waals surface area contributed by atoms with Gasteiger partial charge >= 0.3 is 0 Å². The Bertz CT molecular complexity index is 1120. The first-order chi connectivity index (χ1) is 17.0. The Balaban J connectivity index is 1.73. The van der Waals surface area contributed by atoms with Gasteiger partial charge in [0.05, 0.1) is 17.1 Å². The van der Waals surface area contributed by atoms with Gasteiger partial charge < -0.3 is 24.8 Å². The summed E-state index contributed by atoms with van der Waals surface area (Å²) < 4.78 is 11.4. The van der Waals surface area contributed by atoms with E-state index in [1.165, 1.54) is 0 Å². The molecule has 2 aromatic heterocycles. The van der Waals surface area contributed by atoms with Gasteiger partial charge in [0, 0.05) is 50.0 Å². The van der Waals surface area contributed by atoms with Crippen LogP contribution in [0.2, 0.25) is 0 Å². The van der Waals surface area contributed by atoms with Crippen LogP contribution in [0.15, 0.2) is 36.7 Å². The van der Waals surface area contributed by atoms with Crippen LogP contribution in [0.5, 0.6) is 5.75 Å². The van der Waals surface area contributed by atoms with E-state index in [1.807, 2.05) is 44.2 Å². The molecule has 1 fully saturated rings. The molecule has 1 aliphatic heterocycles. The fourth-order valence-corrected chi connectivity index (χ4v) is 4.31. The molecule has 35 heavy (non-hydrogen) atoms. The Hall–Kier alpha value is -3.14. The summed E-state index contributed by atoms with van der Waals surface area (Å²) in [4.78, 5) is 20.9. The third kappa shape index (κ3) is 6.11. The van der Waals surface area contributed by atoms with Gasteiger partial charge in [-0.15, -0.1) is 0 Å². The van der Waals surface area contributed by atoms with Gasteiger partial charge in [-0.1, -0.05) is 12.1 Å². The van der Waals surface area contributed by atoms with E-state index < -0.39 is 6.10 Å². The molecule has 0 aliphatic carbocycles. The summed E-state index contributed by atoms with van der Waals surface area (Å²) in [7, 11) is 3.88. The largest absolute Gasteiger partial charge is 0.491 e. The van der Waals surface area contributed by atoms with E-state index in [-0.39, 0.29) is 6.61 Å². The number of nitrogens with one attached hydrogen (secondary N) is 1. The van der Waals surface area contributed by atoms with Crippen molar-refractivity contribution in [1.82, 2.24) is 25.3 Å². The Morgan fingerprint density at radius 3 is 2.60 bits per heavy atom. The van der Waals surface area contributed by atoms with E-state index in [0.29, 0.717) is 24.2 Å². The second-order valence-electron chi connectivity index (χ2n) is 8.86. The summed E-state index contributed by atoms with van der Waals surface area (Å²) in [6.07, 6.45) is 2.90. The highest BCUT2D eigenvalue weighted by Crippen LogP contribution is 2.31. The van der Waals surface area contributed by atoms with Crippen LogP contribution in [0, 0.1) is 13.8 Å². The van der Waals surface area contributed by atoms with Gasteiger partial charge in [0.2, 0.25) is 0 Å². The summed E-state index contributed by atoms with van der Waals surface area (Å²) in [6.45, 7) is 6.11. The number of aromatic nitrogens is 4. The Morgan fingerprint density at radius 1 is 1.14 bits per heavy atom. The van der Waals surface area contributed by atoms with Crippen molar-refractivity contribution in [3.63, 3.8) is 0 Å². The van der Waals surface area contributed by atoms with E-state index in [9.17, 15) is 5.11 Å². The van der Waals surface area contributed by atoms with Gasteiger partial charge in [0.15, 0.2) is 5.82 Å². The van der Waals surface area contributed by atoms with Gasteiger partial charge in [-0.3, -0.25) is 0 Å². The molecule has 9 nitrogen and oxygen atoms in total. The summed E-state index contributed by atoms with van der Waals surface area (Å²) in [6, 6.07) is 10.0. The number of nitrogens with zero attached hydrogens (tertiary/aromatic N) is 5.